The molecule has 1 fully saturated rings. The van der Waals surface area contributed by atoms with Crippen molar-refractivity contribution in [3.05, 3.63) is 84.0 Å². The van der Waals surface area contributed by atoms with Gasteiger partial charge in [0.1, 0.15) is 5.75 Å². The number of benzene rings is 3. The quantitative estimate of drug-likeness (QED) is 0.251. The predicted molar refractivity (Wildman–Crippen MR) is 152 cm³/mol. The molecule has 1 unspecified atom stereocenters. The molecule has 194 valence electrons. The van der Waals surface area contributed by atoms with Crippen LogP contribution in [0.25, 0.3) is 27.0 Å². The summed E-state index contributed by atoms with van der Waals surface area (Å²) in [5.41, 5.74) is 3.90. The molecule has 5 aromatic rings. The van der Waals surface area contributed by atoms with Crippen LogP contribution in [0.3, 0.4) is 0 Å². The van der Waals surface area contributed by atoms with Gasteiger partial charge in [0.25, 0.3) is 0 Å². The van der Waals surface area contributed by atoms with E-state index in [9.17, 15) is 4.79 Å². The van der Waals surface area contributed by atoms with Crippen LogP contribution in [0.1, 0.15) is 18.5 Å². The van der Waals surface area contributed by atoms with Crippen molar-refractivity contribution in [3.8, 4) is 17.0 Å². The van der Waals surface area contributed by atoms with Gasteiger partial charge in [0, 0.05) is 60.7 Å². The Morgan fingerprint density at radius 1 is 1.16 bits per heavy atom. The van der Waals surface area contributed by atoms with Gasteiger partial charge in [-0.1, -0.05) is 42.5 Å². The molecule has 1 N–H and O–H groups in total. The smallest absolute Gasteiger partial charge is 0.321 e. The molecule has 6 rings (SSSR count). The minimum atomic E-state index is -0.136. The van der Waals surface area contributed by atoms with Crippen LogP contribution in [-0.4, -0.2) is 53.2 Å². The van der Waals surface area contributed by atoms with E-state index < -0.39 is 0 Å². The first-order valence-corrected chi connectivity index (χ1v) is 13.8. The van der Waals surface area contributed by atoms with E-state index in [1.165, 1.54) is 10.8 Å². The van der Waals surface area contributed by atoms with E-state index in [1.807, 2.05) is 29.2 Å². The number of fused-ring (bicyclic) bond motifs is 2. The van der Waals surface area contributed by atoms with Gasteiger partial charge >= 0.3 is 6.03 Å². The molecule has 0 radical (unpaired) electrons. The van der Waals surface area contributed by atoms with Gasteiger partial charge in [0.15, 0.2) is 4.96 Å². The molecule has 7 nitrogen and oxygen atoms in total. The number of carbonyl (C=O) groups excluding carboxylic acids is 1. The SMILES string of the molecule is COc1cccc(NC(=O)N(CCc2csc3nc(-c4ccc5ccccc5c4)cn23)CC2CCCO2)c1. The molecule has 2 aromatic heterocycles. The highest BCUT2D eigenvalue weighted by atomic mass is 32.1. The Balaban J connectivity index is 1.20. The Bertz CT molecular complexity index is 1570. The second kappa shape index (κ2) is 10.8. The third kappa shape index (κ3) is 5.23. The van der Waals surface area contributed by atoms with Crippen LogP contribution in [0.15, 0.2) is 78.3 Å². The fourth-order valence-electron chi connectivity index (χ4n) is 4.96. The Kier molecular flexibility index (Phi) is 6.98. The van der Waals surface area contributed by atoms with E-state index in [2.05, 4.69) is 63.8 Å². The summed E-state index contributed by atoms with van der Waals surface area (Å²) in [5, 5.41) is 7.59. The molecule has 3 heterocycles. The van der Waals surface area contributed by atoms with Gasteiger partial charge in [-0.2, -0.15) is 0 Å². The number of rotatable bonds is 8. The number of urea groups is 1. The zero-order chi connectivity index (χ0) is 25.9. The molecule has 1 saturated heterocycles. The molecule has 0 spiro atoms. The summed E-state index contributed by atoms with van der Waals surface area (Å²) in [7, 11) is 1.62. The lowest BCUT2D eigenvalue weighted by Gasteiger charge is -2.26. The van der Waals surface area contributed by atoms with Crippen molar-refractivity contribution in [2.45, 2.75) is 25.4 Å². The molecule has 38 heavy (non-hydrogen) atoms. The standard InChI is InChI=1S/C30H30N4O3S/c1-36-26-9-4-8-24(17-26)31-29(35)33(18-27-10-5-15-37-27)14-13-25-20-38-30-32-28(19-34(25)30)23-12-11-21-6-2-3-7-22(21)16-23/h2-4,6-9,11-12,16-17,19-20,27H,5,10,13-15,18H2,1H3,(H,31,35). The number of carbonyl (C=O) groups is 1. The van der Waals surface area contributed by atoms with E-state index in [0.29, 0.717) is 30.9 Å². The predicted octanol–water partition coefficient (Wildman–Crippen LogP) is 6.48. The van der Waals surface area contributed by atoms with E-state index in [4.69, 9.17) is 14.5 Å². The number of nitrogens with one attached hydrogen (secondary N) is 1. The molecular formula is C30H30N4O3S. The summed E-state index contributed by atoms with van der Waals surface area (Å²) in [5.74, 6) is 0.705. The molecule has 3 aromatic carbocycles. The van der Waals surface area contributed by atoms with Crippen LogP contribution in [0, 0.1) is 0 Å². The summed E-state index contributed by atoms with van der Waals surface area (Å²) < 4.78 is 13.3. The Morgan fingerprint density at radius 3 is 2.89 bits per heavy atom. The van der Waals surface area contributed by atoms with Crippen molar-refractivity contribution >= 4 is 38.8 Å². The zero-order valence-electron chi connectivity index (χ0n) is 21.3. The highest BCUT2D eigenvalue weighted by Crippen LogP contribution is 2.27. The topological polar surface area (TPSA) is 68.1 Å². The van der Waals surface area contributed by atoms with Crippen molar-refractivity contribution in [2.75, 3.05) is 32.1 Å². The zero-order valence-corrected chi connectivity index (χ0v) is 22.1. The Hall–Kier alpha value is -3.88. The van der Waals surface area contributed by atoms with Crippen LogP contribution in [0.2, 0.25) is 0 Å². The van der Waals surface area contributed by atoms with Gasteiger partial charge in [0.05, 0.1) is 18.9 Å². The van der Waals surface area contributed by atoms with Gasteiger partial charge in [0.2, 0.25) is 0 Å². The fraction of sp³-hybridized carbons (Fsp3) is 0.267. The van der Waals surface area contributed by atoms with Gasteiger partial charge < -0.3 is 19.7 Å². The van der Waals surface area contributed by atoms with Gasteiger partial charge in [-0.15, -0.1) is 11.3 Å². The highest BCUT2D eigenvalue weighted by molar-refractivity contribution is 7.15. The number of hydrogen-bond donors (Lipinski definition) is 1. The number of methoxy groups -OCH3 is 1. The maximum atomic E-state index is 13.3. The number of nitrogens with zero attached hydrogens (tertiary/aromatic N) is 3. The third-order valence-electron chi connectivity index (χ3n) is 7.02. The second-order valence-corrected chi connectivity index (χ2v) is 10.4. The summed E-state index contributed by atoms with van der Waals surface area (Å²) in [6, 6.07) is 22.1. The van der Waals surface area contributed by atoms with Crippen LogP contribution in [0.5, 0.6) is 5.75 Å². The van der Waals surface area contributed by atoms with E-state index >= 15 is 0 Å². The molecule has 0 aliphatic carbocycles. The number of amides is 2. The maximum Gasteiger partial charge on any atom is 0.321 e. The minimum Gasteiger partial charge on any atom is -0.497 e. The van der Waals surface area contributed by atoms with E-state index in [0.717, 1.165) is 41.4 Å². The first-order chi connectivity index (χ1) is 18.7. The Morgan fingerprint density at radius 2 is 2.05 bits per heavy atom. The normalized spacial score (nSPS) is 15.2. The van der Waals surface area contributed by atoms with E-state index in [1.54, 1.807) is 18.4 Å². The lowest BCUT2D eigenvalue weighted by Crippen LogP contribution is -2.41. The van der Waals surface area contributed by atoms with Crippen LogP contribution in [0.4, 0.5) is 10.5 Å². The summed E-state index contributed by atoms with van der Waals surface area (Å²) in [6.07, 6.45) is 4.90. The summed E-state index contributed by atoms with van der Waals surface area (Å²) in [4.78, 5) is 21.0. The molecule has 2 amide bonds. The number of anilines is 1. The molecule has 0 bridgehead atoms. The highest BCUT2D eigenvalue weighted by Gasteiger charge is 2.23. The number of imidazole rings is 1. The maximum absolute atomic E-state index is 13.3. The average Bonchev–Trinajstić information content (AvgIpc) is 3.69. The third-order valence-corrected chi connectivity index (χ3v) is 7.91. The second-order valence-electron chi connectivity index (χ2n) is 9.56. The number of thiazole rings is 1. The largest absolute Gasteiger partial charge is 0.497 e. The fourth-order valence-corrected chi connectivity index (χ4v) is 5.87. The molecular weight excluding hydrogens is 496 g/mol. The summed E-state index contributed by atoms with van der Waals surface area (Å²) >= 11 is 1.63. The van der Waals surface area contributed by atoms with Gasteiger partial charge in [-0.3, -0.25) is 4.40 Å². The van der Waals surface area contributed by atoms with Crippen molar-refractivity contribution < 1.29 is 14.3 Å². The van der Waals surface area contributed by atoms with Crippen molar-refractivity contribution in [3.63, 3.8) is 0 Å². The first kappa shape index (κ1) is 24.5. The number of ether oxygens (including phenoxy) is 2. The number of aromatic nitrogens is 2. The first-order valence-electron chi connectivity index (χ1n) is 12.9. The molecule has 1 aliphatic rings. The molecule has 1 atom stereocenters. The number of hydrogen-bond acceptors (Lipinski definition) is 5. The minimum absolute atomic E-state index is 0.0707. The van der Waals surface area contributed by atoms with Gasteiger partial charge in [-0.05, 0) is 41.8 Å². The molecule has 0 saturated carbocycles. The molecule has 1 aliphatic heterocycles. The summed E-state index contributed by atoms with van der Waals surface area (Å²) in [6.45, 7) is 1.90. The van der Waals surface area contributed by atoms with Gasteiger partial charge in [-0.25, -0.2) is 9.78 Å². The van der Waals surface area contributed by atoms with Crippen LogP contribution in [-0.2, 0) is 11.2 Å². The average molecular weight is 527 g/mol. The van der Waals surface area contributed by atoms with Crippen LogP contribution < -0.4 is 10.1 Å². The lowest BCUT2D eigenvalue weighted by molar-refractivity contribution is 0.0838. The van der Waals surface area contributed by atoms with Crippen molar-refractivity contribution in [1.29, 1.82) is 0 Å². The van der Waals surface area contributed by atoms with Crippen molar-refractivity contribution in [1.82, 2.24) is 14.3 Å². The van der Waals surface area contributed by atoms with E-state index in [-0.39, 0.29) is 12.1 Å². The van der Waals surface area contributed by atoms with Crippen molar-refractivity contribution in [2.24, 2.45) is 0 Å². The van der Waals surface area contributed by atoms with Crippen LogP contribution >= 0.6 is 11.3 Å². The Labute approximate surface area is 225 Å². The monoisotopic (exact) mass is 526 g/mol. The molecule has 8 heteroatoms. The lowest BCUT2D eigenvalue weighted by atomic mass is 10.1.